The van der Waals surface area contributed by atoms with Gasteiger partial charge in [-0.25, -0.2) is 0 Å². The Balaban J connectivity index is 1.66. The number of aromatic amines is 1. The minimum absolute atomic E-state index is 0.0550. The van der Waals surface area contributed by atoms with E-state index < -0.39 is 6.04 Å². The lowest BCUT2D eigenvalue weighted by Gasteiger charge is -2.23. The number of hydrogen-bond donors (Lipinski definition) is 3. The first kappa shape index (κ1) is 19.7. The van der Waals surface area contributed by atoms with Crippen LogP contribution >= 0.6 is 0 Å². The third-order valence-corrected chi connectivity index (χ3v) is 5.19. The van der Waals surface area contributed by atoms with Crippen LogP contribution in [0.2, 0.25) is 0 Å². The Morgan fingerprint density at radius 2 is 1.67 bits per heavy atom. The third kappa shape index (κ3) is 4.20. The van der Waals surface area contributed by atoms with Crippen LogP contribution in [0.4, 0.5) is 11.4 Å². The number of benzene rings is 3. The number of anilines is 2. The normalized spacial score (nSPS) is 12.5. The van der Waals surface area contributed by atoms with Crippen LogP contribution in [0.25, 0.3) is 10.9 Å². The van der Waals surface area contributed by atoms with Gasteiger partial charge in [-0.15, -0.1) is 0 Å². The maximum absolute atomic E-state index is 13.4. The summed E-state index contributed by atoms with van der Waals surface area (Å²) < 4.78 is 0. The van der Waals surface area contributed by atoms with Crippen molar-refractivity contribution >= 4 is 28.2 Å². The Kier molecular flexibility index (Phi) is 5.27. The van der Waals surface area contributed by atoms with Crippen LogP contribution in [0.15, 0.2) is 79.0 Å². The molecule has 0 radical (unpaired) electrons. The fourth-order valence-corrected chi connectivity index (χ4v) is 3.45. The quantitative estimate of drug-likeness (QED) is 0.407. The van der Waals surface area contributed by atoms with Crippen LogP contribution in [0.3, 0.4) is 0 Å². The maximum Gasteiger partial charge on any atom is 0.251 e. The molecule has 1 atom stereocenters. The van der Waals surface area contributed by atoms with Crippen LogP contribution in [0.5, 0.6) is 0 Å². The molecule has 1 aromatic heterocycles. The number of aromatic nitrogens is 2. The molecule has 152 valence electrons. The van der Waals surface area contributed by atoms with Gasteiger partial charge in [0.2, 0.25) is 0 Å². The van der Waals surface area contributed by atoms with Gasteiger partial charge >= 0.3 is 0 Å². The minimum atomic E-state index is -0.542. The van der Waals surface area contributed by atoms with E-state index in [4.69, 9.17) is 0 Å². The van der Waals surface area contributed by atoms with Crippen molar-refractivity contribution in [3.8, 4) is 0 Å². The number of hydrogen-bond acceptors (Lipinski definition) is 3. The summed E-state index contributed by atoms with van der Waals surface area (Å²) in [6, 6.07) is 23.2. The van der Waals surface area contributed by atoms with Crippen molar-refractivity contribution in [2.75, 3.05) is 10.6 Å². The van der Waals surface area contributed by atoms with E-state index in [-0.39, 0.29) is 11.3 Å². The minimum Gasteiger partial charge on any atom is -0.370 e. The first-order valence-electron chi connectivity index (χ1n) is 10.1. The Hall–Kier alpha value is -3.60. The highest BCUT2D eigenvalue weighted by Crippen LogP contribution is 2.27. The fourth-order valence-electron chi connectivity index (χ4n) is 3.45. The molecule has 1 heterocycles. The van der Waals surface area contributed by atoms with Gasteiger partial charge in [0.25, 0.3) is 5.91 Å². The number of nitrogens with one attached hydrogen (secondary N) is 3. The molecule has 3 aromatic carbocycles. The Bertz CT molecular complexity index is 1140. The molecule has 0 aliphatic heterocycles. The van der Waals surface area contributed by atoms with Gasteiger partial charge in [-0.1, -0.05) is 75.4 Å². The lowest BCUT2D eigenvalue weighted by Crippen LogP contribution is -2.27. The van der Waals surface area contributed by atoms with E-state index in [2.05, 4.69) is 53.7 Å². The molecule has 5 heteroatoms. The molecule has 0 saturated carbocycles. The van der Waals surface area contributed by atoms with Crippen molar-refractivity contribution in [1.82, 2.24) is 10.2 Å². The second kappa shape index (κ2) is 8.03. The lowest BCUT2D eigenvalue weighted by molar-refractivity contribution is -0.117. The molecule has 0 aliphatic rings. The molecule has 4 aromatic rings. The van der Waals surface area contributed by atoms with Gasteiger partial charge in [-0.05, 0) is 34.7 Å². The van der Waals surface area contributed by atoms with E-state index in [0.717, 1.165) is 22.2 Å². The summed E-state index contributed by atoms with van der Waals surface area (Å²) in [7, 11) is 0. The third-order valence-electron chi connectivity index (χ3n) is 5.19. The average molecular weight is 399 g/mol. The molecule has 3 N–H and O–H groups in total. The largest absolute Gasteiger partial charge is 0.370 e. The summed E-state index contributed by atoms with van der Waals surface area (Å²) in [6.45, 7) is 6.54. The highest BCUT2D eigenvalue weighted by molar-refractivity contribution is 6.03. The number of rotatable bonds is 5. The number of carbonyl (C=O) groups excluding carboxylic acids is 1. The van der Waals surface area contributed by atoms with Crippen LogP contribution in [0.1, 0.15) is 37.9 Å². The van der Waals surface area contributed by atoms with Crippen molar-refractivity contribution in [3.63, 3.8) is 0 Å². The number of nitrogens with zero attached hydrogens (tertiary/aromatic N) is 1. The molecule has 4 rings (SSSR count). The highest BCUT2D eigenvalue weighted by atomic mass is 16.2. The van der Waals surface area contributed by atoms with Crippen molar-refractivity contribution in [3.05, 3.63) is 90.1 Å². The second-order valence-electron chi connectivity index (χ2n) is 8.44. The fraction of sp³-hybridized carbons (Fsp3) is 0.200. The van der Waals surface area contributed by atoms with Crippen molar-refractivity contribution in [2.45, 2.75) is 32.2 Å². The number of para-hydroxylation sites is 2. The molecule has 0 fully saturated rings. The zero-order valence-corrected chi connectivity index (χ0v) is 17.4. The predicted molar refractivity (Wildman–Crippen MR) is 123 cm³/mol. The van der Waals surface area contributed by atoms with Crippen molar-refractivity contribution < 1.29 is 4.79 Å². The number of fused-ring (bicyclic) bond motifs is 1. The van der Waals surface area contributed by atoms with Crippen LogP contribution in [-0.4, -0.2) is 16.1 Å². The van der Waals surface area contributed by atoms with Gasteiger partial charge in [-0.2, -0.15) is 5.10 Å². The number of amides is 1. The molecule has 1 amide bonds. The van der Waals surface area contributed by atoms with E-state index >= 15 is 0 Å². The van der Waals surface area contributed by atoms with Crippen LogP contribution < -0.4 is 10.6 Å². The number of carbonyl (C=O) groups is 1. The summed E-state index contributed by atoms with van der Waals surface area (Å²) in [6.07, 6.45) is 1.75. The van der Waals surface area contributed by atoms with E-state index in [1.807, 2.05) is 60.7 Å². The summed E-state index contributed by atoms with van der Waals surface area (Å²) in [5.74, 6) is -0.135. The second-order valence-corrected chi connectivity index (χ2v) is 8.44. The van der Waals surface area contributed by atoms with Gasteiger partial charge in [0.15, 0.2) is 0 Å². The van der Waals surface area contributed by atoms with Crippen molar-refractivity contribution in [2.24, 2.45) is 0 Å². The summed E-state index contributed by atoms with van der Waals surface area (Å²) in [5.41, 5.74) is 4.60. The monoisotopic (exact) mass is 398 g/mol. The molecule has 30 heavy (non-hydrogen) atoms. The first-order chi connectivity index (χ1) is 14.4. The molecule has 0 saturated heterocycles. The summed E-state index contributed by atoms with van der Waals surface area (Å²) in [4.78, 5) is 13.4. The van der Waals surface area contributed by atoms with Crippen LogP contribution in [0, 0.1) is 0 Å². The van der Waals surface area contributed by atoms with E-state index in [9.17, 15) is 4.79 Å². The highest BCUT2D eigenvalue weighted by Gasteiger charge is 2.23. The first-order valence-corrected chi connectivity index (χ1v) is 10.1. The Morgan fingerprint density at radius 1 is 0.933 bits per heavy atom. The zero-order valence-electron chi connectivity index (χ0n) is 17.4. The van der Waals surface area contributed by atoms with Gasteiger partial charge in [0.1, 0.15) is 6.04 Å². The molecule has 0 spiro atoms. The zero-order chi connectivity index (χ0) is 21.1. The Labute approximate surface area is 176 Å². The maximum atomic E-state index is 13.4. The van der Waals surface area contributed by atoms with Gasteiger partial charge in [0, 0.05) is 11.1 Å². The van der Waals surface area contributed by atoms with Gasteiger partial charge in [0.05, 0.1) is 17.4 Å². The molecule has 0 bridgehead atoms. The van der Waals surface area contributed by atoms with E-state index in [1.165, 1.54) is 5.56 Å². The van der Waals surface area contributed by atoms with Gasteiger partial charge < -0.3 is 10.6 Å². The molecule has 0 aliphatic carbocycles. The topological polar surface area (TPSA) is 69.8 Å². The molecule has 5 nitrogen and oxygen atoms in total. The van der Waals surface area contributed by atoms with Gasteiger partial charge in [-0.3, -0.25) is 9.89 Å². The molecular weight excluding hydrogens is 372 g/mol. The summed E-state index contributed by atoms with van der Waals surface area (Å²) in [5, 5.41) is 14.4. The summed E-state index contributed by atoms with van der Waals surface area (Å²) >= 11 is 0. The van der Waals surface area contributed by atoms with E-state index in [0.29, 0.717) is 5.69 Å². The molecule has 1 unspecified atom stereocenters. The lowest BCUT2D eigenvalue weighted by atomic mass is 9.86. The standard InChI is InChI=1S/C25H26N4O/c1-25(2,3)19-14-12-17(13-15-19)23(27-20-9-5-4-6-10-20)24(30)28-21-11-7-8-18-16-26-29-22(18)21/h4-16,23,27H,1-3H3,(H,26,29)(H,28,30). The molecular formula is C25H26N4O. The Morgan fingerprint density at radius 3 is 2.37 bits per heavy atom. The van der Waals surface area contributed by atoms with E-state index in [1.54, 1.807) is 6.20 Å². The smallest absolute Gasteiger partial charge is 0.251 e. The predicted octanol–water partition coefficient (Wildman–Crippen LogP) is 5.65. The van der Waals surface area contributed by atoms with Crippen LogP contribution in [-0.2, 0) is 10.2 Å². The average Bonchev–Trinajstić information content (AvgIpc) is 3.22. The number of H-pyrrole nitrogens is 1. The SMILES string of the molecule is CC(C)(C)c1ccc(C(Nc2ccccc2)C(=O)Nc2cccc3cn[nH]c23)cc1. The van der Waals surface area contributed by atoms with Crippen molar-refractivity contribution in [1.29, 1.82) is 0 Å².